The molecule has 1 saturated heterocycles. The zero-order valence-electron chi connectivity index (χ0n) is 18.3. The monoisotopic (exact) mass is 503 g/mol. The standard InChI is InChI=1S/C21H22FN7O3S2/c1-2-34(31,32)29-12-21(15-4-3-14(22)9-17(15)29)5-7-28(8-6-21)20(30)26-18-11-23-16(10-24-18)19-27-25-13-33-19/h3-4,9-11,13H,2,5-8,12H2,1H3,(H,24,26,30). The Kier molecular flexibility index (Phi) is 5.68. The van der Waals surface area contributed by atoms with Crippen molar-refractivity contribution in [2.45, 2.75) is 25.2 Å². The Morgan fingerprint density at radius 3 is 2.68 bits per heavy atom. The lowest BCUT2D eigenvalue weighted by molar-refractivity contribution is 0.173. The molecule has 34 heavy (non-hydrogen) atoms. The number of nitrogens with one attached hydrogen (secondary N) is 1. The van der Waals surface area contributed by atoms with Crippen LogP contribution < -0.4 is 9.62 Å². The Balaban J connectivity index is 1.28. The molecule has 1 N–H and O–H groups in total. The number of amides is 2. The minimum absolute atomic E-state index is 0.0630. The number of urea groups is 1. The smallest absolute Gasteiger partial charge is 0.323 e. The number of carbonyl (C=O) groups excluding carboxylic acids is 1. The summed E-state index contributed by atoms with van der Waals surface area (Å²) in [5.74, 6) is -0.213. The number of fused-ring (bicyclic) bond motifs is 2. The van der Waals surface area contributed by atoms with Crippen molar-refractivity contribution in [1.29, 1.82) is 0 Å². The number of hydrogen-bond acceptors (Lipinski definition) is 8. The first-order valence-corrected chi connectivity index (χ1v) is 13.3. The number of hydrogen-bond donors (Lipinski definition) is 1. The topological polar surface area (TPSA) is 121 Å². The number of rotatable bonds is 4. The Morgan fingerprint density at radius 1 is 1.24 bits per heavy atom. The third-order valence-corrected chi connectivity index (χ3v) is 8.86. The van der Waals surface area contributed by atoms with Crippen LogP contribution in [0.2, 0.25) is 0 Å². The summed E-state index contributed by atoms with van der Waals surface area (Å²) >= 11 is 1.34. The fourth-order valence-corrected chi connectivity index (χ4v) is 6.27. The fraction of sp³-hybridized carbons (Fsp3) is 0.381. The van der Waals surface area contributed by atoms with Gasteiger partial charge in [-0.15, -0.1) is 10.2 Å². The normalized spacial score (nSPS) is 17.1. The van der Waals surface area contributed by atoms with Crippen LogP contribution in [0.3, 0.4) is 0 Å². The van der Waals surface area contributed by atoms with E-state index in [1.54, 1.807) is 23.4 Å². The number of carbonyl (C=O) groups is 1. The maximum absolute atomic E-state index is 14.0. The highest BCUT2D eigenvalue weighted by Crippen LogP contribution is 2.48. The van der Waals surface area contributed by atoms with Crippen molar-refractivity contribution < 1.29 is 17.6 Å². The number of aromatic nitrogens is 4. The molecule has 2 aliphatic heterocycles. The molecule has 0 unspecified atom stereocenters. The van der Waals surface area contributed by atoms with Crippen LogP contribution in [0.25, 0.3) is 10.7 Å². The van der Waals surface area contributed by atoms with Gasteiger partial charge >= 0.3 is 6.03 Å². The number of benzene rings is 1. The van der Waals surface area contributed by atoms with Crippen LogP contribution >= 0.6 is 11.3 Å². The number of nitrogens with zero attached hydrogens (tertiary/aromatic N) is 6. The lowest BCUT2D eigenvalue weighted by Gasteiger charge is -2.39. The van der Waals surface area contributed by atoms with Gasteiger partial charge in [0, 0.05) is 25.0 Å². The summed E-state index contributed by atoms with van der Waals surface area (Å²) in [5.41, 5.74) is 2.95. The average molecular weight is 504 g/mol. The third-order valence-electron chi connectivity index (χ3n) is 6.42. The minimum Gasteiger partial charge on any atom is -0.324 e. The molecule has 1 spiro atoms. The van der Waals surface area contributed by atoms with Crippen LogP contribution in [0, 0.1) is 5.82 Å². The van der Waals surface area contributed by atoms with Crippen molar-refractivity contribution in [3.8, 4) is 10.7 Å². The summed E-state index contributed by atoms with van der Waals surface area (Å²) in [4.78, 5) is 23.0. The quantitative estimate of drug-likeness (QED) is 0.581. The number of sulfonamides is 1. The second kappa shape index (κ2) is 8.55. The van der Waals surface area contributed by atoms with E-state index in [2.05, 4.69) is 25.5 Å². The molecule has 4 heterocycles. The van der Waals surface area contributed by atoms with E-state index in [1.807, 2.05) is 0 Å². The zero-order chi connectivity index (χ0) is 23.9. The first kappa shape index (κ1) is 22.6. The summed E-state index contributed by atoms with van der Waals surface area (Å²) in [6, 6.07) is 4.04. The molecule has 2 aliphatic rings. The average Bonchev–Trinajstić information content (AvgIpc) is 3.48. The van der Waals surface area contributed by atoms with Crippen molar-refractivity contribution in [3.05, 3.63) is 47.5 Å². The second-order valence-electron chi connectivity index (χ2n) is 8.30. The molecule has 0 aliphatic carbocycles. The third kappa shape index (κ3) is 3.98. The van der Waals surface area contributed by atoms with Gasteiger partial charge in [-0.1, -0.05) is 17.4 Å². The molecule has 5 rings (SSSR count). The van der Waals surface area contributed by atoms with Gasteiger partial charge in [0.15, 0.2) is 10.8 Å². The zero-order valence-corrected chi connectivity index (χ0v) is 19.9. The van der Waals surface area contributed by atoms with Gasteiger partial charge in [0.05, 0.1) is 23.8 Å². The van der Waals surface area contributed by atoms with Crippen molar-refractivity contribution in [2.24, 2.45) is 0 Å². The lowest BCUT2D eigenvalue weighted by Crippen LogP contribution is -2.49. The van der Waals surface area contributed by atoms with Gasteiger partial charge in [-0.25, -0.2) is 27.6 Å². The van der Waals surface area contributed by atoms with Crippen LogP contribution in [0.15, 0.2) is 36.1 Å². The van der Waals surface area contributed by atoms with Crippen molar-refractivity contribution in [2.75, 3.05) is 35.0 Å². The van der Waals surface area contributed by atoms with E-state index in [0.29, 0.717) is 48.1 Å². The molecule has 2 amide bonds. The molecular formula is C21H22FN7O3S2. The molecule has 0 bridgehead atoms. The van der Waals surface area contributed by atoms with Crippen LogP contribution in [0.1, 0.15) is 25.3 Å². The van der Waals surface area contributed by atoms with E-state index in [0.717, 1.165) is 5.56 Å². The Morgan fingerprint density at radius 2 is 2.03 bits per heavy atom. The highest BCUT2D eigenvalue weighted by atomic mass is 32.2. The first-order chi connectivity index (χ1) is 16.3. The largest absolute Gasteiger partial charge is 0.324 e. The molecule has 10 nitrogen and oxygen atoms in total. The molecule has 1 aromatic carbocycles. The molecule has 3 aromatic rings. The number of anilines is 2. The Labute approximate surface area is 199 Å². The van der Waals surface area contributed by atoms with Crippen molar-refractivity contribution >= 4 is 38.9 Å². The van der Waals surface area contributed by atoms with Crippen molar-refractivity contribution in [1.82, 2.24) is 25.1 Å². The van der Waals surface area contributed by atoms with Crippen LogP contribution in [0.5, 0.6) is 0 Å². The Hall–Kier alpha value is -3.19. The summed E-state index contributed by atoms with van der Waals surface area (Å²) in [5, 5.41) is 11.1. The molecule has 0 saturated carbocycles. The fourth-order valence-electron chi connectivity index (χ4n) is 4.55. The molecule has 178 valence electrons. The number of piperidine rings is 1. The second-order valence-corrected chi connectivity index (χ2v) is 11.3. The van der Waals surface area contributed by atoms with Crippen molar-refractivity contribution in [3.63, 3.8) is 0 Å². The van der Waals surface area contributed by atoms with E-state index in [1.165, 1.54) is 40.2 Å². The van der Waals surface area contributed by atoms with Crippen LogP contribution in [-0.4, -0.2) is 64.9 Å². The minimum atomic E-state index is -3.54. The number of halogens is 1. The van der Waals surface area contributed by atoms with Gasteiger partial charge < -0.3 is 4.90 Å². The molecule has 0 radical (unpaired) electrons. The summed E-state index contributed by atoms with van der Waals surface area (Å²) < 4.78 is 40.7. The Bertz CT molecular complexity index is 1310. The molecular weight excluding hydrogens is 481 g/mol. The lowest BCUT2D eigenvalue weighted by atomic mass is 9.74. The van der Waals surface area contributed by atoms with E-state index < -0.39 is 21.3 Å². The summed E-state index contributed by atoms with van der Waals surface area (Å²) in [7, 11) is -3.54. The van der Waals surface area contributed by atoms with E-state index in [9.17, 15) is 17.6 Å². The first-order valence-electron chi connectivity index (χ1n) is 10.8. The van der Waals surface area contributed by atoms with Gasteiger partial charge in [0.25, 0.3) is 0 Å². The maximum atomic E-state index is 14.0. The van der Waals surface area contributed by atoms with E-state index >= 15 is 0 Å². The highest BCUT2D eigenvalue weighted by molar-refractivity contribution is 7.92. The summed E-state index contributed by atoms with van der Waals surface area (Å²) in [6.45, 7) is 2.70. The molecule has 0 atom stereocenters. The van der Waals surface area contributed by atoms with Gasteiger partial charge in [-0.2, -0.15) is 0 Å². The molecule has 2 aromatic heterocycles. The number of likely N-dealkylation sites (tertiary alicyclic amines) is 1. The summed E-state index contributed by atoms with van der Waals surface area (Å²) in [6.07, 6.45) is 4.13. The predicted molar refractivity (Wildman–Crippen MR) is 126 cm³/mol. The van der Waals surface area contributed by atoms with Gasteiger partial charge in [-0.05, 0) is 37.5 Å². The predicted octanol–water partition coefficient (Wildman–Crippen LogP) is 2.87. The van der Waals surface area contributed by atoms with E-state index in [4.69, 9.17) is 0 Å². The van der Waals surface area contributed by atoms with Gasteiger partial charge in [0.1, 0.15) is 17.0 Å². The van der Waals surface area contributed by atoms with E-state index in [-0.39, 0.29) is 18.3 Å². The van der Waals surface area contributed by atoms with Crippen LogP contribution in [-0.2, 0) is 15.4 Å². The highest BCUT2D eigenvalue weighted by Gasteiger charge is 2.48. The maximum Gasteiger partial charge on any atom is 0.323 e. The molecule has 1 fully saturated rings. The van der Waals surface area contributed by atoms with Crippen LogP contribution in [0.4, 0.5) is 20.7 Å². The van der Waals surface area contributed by atoms with Gasteiger partial charge in [0.2, 0.25) is 10.0 Å². The molecule has 13 heteroatoms. The van der Waals surface area contributed by atoms with Gasteiger partial charge in [-0.3, -0.25) is 9.62 Å². The SMILES string of the molecule is CCS(=O)(=O)N1CC2(CCN(C(=O)Nc3cnc(-c4nncs4)cn3)CC2)c2ccc(F)cc21.